The van der Waals surface area contributed by atoms with Gasteiger partial charge in [-0.15, -0.1) is 0 Å². The Kier molecular flexibility index (Phi) is 2.01. The van der Waals surface area contributed by atoms with Crippen LogP contribution in [0.15, 0.2) is 33.2 Å². The third kappa shape index (κ3) is 1.36. The van der Waals surface area contributed by atoms with Crippen LogP contribution in [0.3, 0.4) is 0 Å². The number of aromatic nitrogens is 1. The summed E-state index contributed by atoms with van der Waals surface area (Å²) < 4.78 is 2.32. The van der Waals surface area contributed by atoms with Crippen molar-refractivity contribution in [3.8, 4) is 0 Å². The molecule has 0 radical (unpaired) electrons. The summed E-state index contributed by atoms with van der Waals surface area (Å²) in [6.07, 6.45) is 2.26. The van der Waals surface area contributed by atoms with E-state index >= 15 is 0 Å². The fourth-order valence-corrected chi connectivity index (χ4v) is 3.93. The first kappa shape index (κ1) is 10.2. The van der Waals surface area contributed by atoms with Crippen LogP contribution in [0, 0.1) is 0 Å². The predicted molar refractivity (Wildman–Crippen MR) is 78.6 cm³/mol. The molecular formula is C14H9Br2N. The summed E-state index contributed by atoms with van der Waals surface area (Å²) in [7, 11) is 0. The van der Waals surface area contributed by atoms with E-state index in [1.54, 1.807) is 0 Å². The molecule has 3 heteroatoms. The smallest absolute Gasteiger partial charge is 0.0479 e. The zero-order valence-corrected chi connectivity index (χ0v) is 12.2. The number of benzene rings is 2. The number of hydrogen-bond acceptors (Lipinski definition) is 0. The topological polar surface area (TPSA) is 15.8 Å². The van der Waals surface area contributed by atoms with Gasteiger partial charge >= 0.3 is 0 Å². The van der Waals surface area contributed by atoms with E-state index in [0.717, 1.165) is 21.8 Å². The van der Waals surface area contributed by atoms with Crippen molar-refractivity contribution in [3.05, 3.63) is 44.3 Å². The van der Waals surface area contributed by atoms with Gasteiger partial charge in [0.1, 0.15) is 0 Å². The van der Waals surface area contributed by atoms with Crippen LogP contribution in [0.4, 0.5) is 0 Å². The van der Waals surface area contributed by atoms with E-state index in [2.05, 4.69) is 61.1 Å². The molecule has 0 spiro atoms. The maximum atomic E-state index is 3.59. The lowest BCUT2D eigenvalue weighted by Gasteiger charge is -2.13. The monoisotopic (exact) mass is 349 g/mol. The average molecular weight is 351 g/mol. The minimum Gasteiger partial charge on any atom is -0.354 e. The molecule has 1 nitrogen and oxygen atoms in total. The van der Waals surface area contributed by atoms with Crippen LogP contribution in [0.2, 0.25) is 0 Å². The molecule has 1 aliphatic carbocycles. The van der Waals surface area contributed by atoms with Crippen molar-refractivity contribution in [1.29, 1.82) is 0 Å². The summed E-state index contributed by atoms with van der Waals surface area (Å²) in [5, 5.41) is 2.83. The Labute approximate surface area is 115 Å². The van der Waals surface area contributed by atoms with Gasteiger partial charge in [0, 0.05) is 30.8 Å². The van der Waals surface area contributed by atoms with E-state index in [1.807, 2.05) is 0 Å². The summed E-state index contributed by atoms with van der Waals surface area (Å²) >= 11 is 7.17. The zero-order chi connectivity index (χ0) is 11.6. The molecule has 1 aliphatic rings. The van der Waals surface area contributed by atoms with Crippen molar-refractivity contribution in [2.24, 2.45) is 0 Å². The van der Waals surface area contributed by atoms with E-state index in [9.17, 15) is 0 Å². The molecule has 4 rings (SSSR count). The summed E-state index contributed by atoms with van der Waals surface area (Å²) in [4.78, 5) is 3.52. The number of nitrogens with one attached hydrogen (secondary N) is 1. The minimum atomic E-state index is 1.13. The molecule has 0 bridgehead atoms. The summed E-state index contributed by atoms with van der Waals surface area (Å²) in [6, 6.07) is 8.84. The lowest BCUT2D eigenvalue weighted by Crippen LogP contribution is -1.98. The molecule has 0 saturated carbocycles. The zero-order valence-electron chi connectivity index (χ0n) is 8.98. The number of hydrogen-bond donors (Lipinski definition) is 1. The summed E-state index contributed by atoms with van der Waals surface area (Å²) in [5.74, 6) is 0. The first-order valence-corrected chi connectivity index (χ1v) is 7.23. The van der Waals surface area contributed by atoms with E-state index in [1.165, 1.54) is 32.9 Å². The molecular weight excluding hydrogens is 342 g/mol. The number of rotatable bonds is 0. The second kappa shape index (κ2) is 3.36. The summed E-state index contributed by atoms with van der Waals surface area (Å²) in [5.41, 5.74) is 5.39. The normalized spacial score (nSPS) is 14.0. The third-order valence-electron chi connectivity index (χ3n) is 3.55. The van der Waals surface area contributed by atoms with Crippen LogP contribution >= 0.6 is 31.9 Å². The van der Waals surface area contributed by atoms with Crippen LogP contribution in [-0.2, 0) is 12.8 Å². The Morgan fingerprint density at radius 2 is 1.24 bits per heavy atom. The average Bonchev–Trinajstić information content (AvgIpc) is 2.62. The maximum Gasteiger partial charge on any atom is 0.0479 e. The molecule has 0 aliphatic heterocycles. The van der Waals surface area contributed by atoms with Gasteiger partial charge in [-0.05, 0) is 48.2 Å². The van der Waals surface area contributed by atoms with Crippen molar-refractivity contribution in [1.82, 2.24) is 4.98 Å². The lowest BCUT2D eigenvalue weighted by atomic mass is 9.91. The van der Waals surface area contributed by atoms with Gasteiger partial charge in [-0.1, -0.05) is 31.9 Å². The highest BCUT2D eigenvalue weighted by Gasteiger charge is 2.18. The Bertz CT molecular complexity index is 707. The van der Waals surface area contributed by atoms with Crippen molar-refractivity contribution >= 4 is 53.7 Å². The van der Waals surface area contributed by atoms with Crippen molar-refractivity contribution in [2.45, 2.75) is 12.8 Å². The number of aryl methyl sites for hydroxylation is 2. The molecule has 1 aromatic heterocycles. The Morgan fingerprint density at radius 1 is 0.765 bits per heavy atom. The fourth-order valence-electron chi connectivity index (χ4n) is 2.92. The predicted octanol–water partition coefficient (Wildman–Crippen LogP) is 4.94. The lowest BCUT2D eigenvalue weighted by molar-refractivity contribution is 0.967. The second-order valence-corrected chi connectivity index (χ2v) is 6.43. The molecule has 3 aromatic rings. The van der Waals surface area contributed by atoms with Crippen LogP contribution in [0.5, 0.6) is 0 Å². The first-order chi connectivity index (χ1) is 8.22. The van der Waals surface area contributed by atoms with E-state index in [0.29, 0.717) is 0 Å². The Balaban J connectivity index is 2.33. The summed E-state index contributed by atoms with van der Waals surface area (Å²) in [6.45, 7) is 0. The molecule has 0 unspecified atom stereocenters. The second-order valence-electron chi connectivity index (χ2n) is 4.60. The molecule has 1 heterocycles. The minimum absolute atomic E-state index is 1.13. The van der Waals surface area contributed by atoms with Gasteiger partial charge in [-0.3, -0.25) is 0 Å². The van der Waals surface area contributed by atoms with Gasteiger partial charge in [0.2, 0.25) is 0 Å². The Hall–Kier alpha value is -0.800. The molecule has 0 atom stereocenters. The van der Waals surface area contributed by atoms with Gasteiger partial charge in [0.05, 0.1) is 0 Å². The molecule has 0 fully saturated rings. The molecule has 17 heavy (non-hydrogen) atoms. The van der Waals surface area contributed by atoms with Gasteiger partial charge in [-0.2, -0.15) is 0 Å². The standard InChI is InChI=1S/C14H9Br2N/c15-9-3-7-1-2-8-4-10(16)6-12-14(8)13(7)11(5-9)17-12/h3-6,17H,1-2H2. The number of H-pyrrole nitrogens is 1. The van der Waals surface area contributed by atoms with E-state index in [4.69, 9.17) is 0 Å². The highest BCUT2D eigenvalue weighted by molar-refractivity contribution is 9.10. The maximum absolute atomic E-state index is 3.59. The SMILES string of the molecule is Brc1cc2c3c(c1)[nH]c1cc(Br)cc(c13)CC2. The van der Waals surface area contributed by atoms with Crippen LogP contribution in [-0.4, -0.2) is 4.98 Å². The third-order valence-corrected chi connectivity index (χ3v) is 4.47. The van der Waals surface area contributed by atoms with Crippen LogP contribution in [0.1, 0.15) is 11.1 Å². The van der Waals surface area contributed by atoms with E-state index < -0.39 is 0 Å². The van der Waals surface area contributed by atoms with Crippen molar-refractivity contribution < 1.29 is 0 Å². The van der Waals surface area contributed by atoms with Crippen molar-refractivity contribution in [3.63, 3.8) is 0 Å². The van der Waals surface area contributed by atoms with Crippen LogP contribution in [0.25, 0.3) is 21.8 Å². The van der Waals surface area contributed by atoms with Gasteiger partial charge < -0.3 is 4.98 Å². The van der Waals surface area contributed by atoms with Crippen molar-refractivity contribution in [2.75, 3.05) is 0 Å². The quantitative estimate of drug-likeness (QED) is 0.590. The molecule has 0 saturated heterocycles. The molecule has 1 N–H and O–H groups in total. The van der Waals surface area contributed by atoms with Gasteiger partial charge in [0.25, 0.3) is 0 Å². The van der Waals surface area contributed by atoms with Crippen LogP contribution < -0.4 is 0 Å². The molecule has 2 aromatic carbocycles. The molecule has 84 valence electrons. The number of halogens is 2. The molecule has 0 amide bonds. The highest BCUT2D eigenvalue weighted by Crippen LogP contribution is 2.38. The van der Waals surface area contributed by atoms with Gasteiger partial charge in [-0.25, -0.2) is 0 Å². The van der Waals surface area contributed by atoms with E-state index in [-0.39, 0.29) is 0 Å². The number of aromatic amines is 1. The highest BCUT2D eigenvalue weighted by atomic mass is 79.9. The first-order valence-electron chi connectivity index (χ1n) is 5.64. The Morgan fingerprint density at radius 3 is 1.71 bits per heavy atom. The van der Waals surface area contributed by atoms with Gasteiger partial charge in [0.15, 0.2) is 0 Å². The largest absolute Gasteiger partial charge is 0.354 e. The fraction of sp³-hybridized carbons (Fsp3) is 0.143.